The molecule has 1 aromatic carbocycles. The molecule has 0 radical (unpaired) electrons. The zero-order valence-corrected chi connectivity index (χ0v) is 12.8. The molecule has 0 unspecified atom stereocenters. The first-order chi connectivity index (χ1) is 10.0. The quantitative estimate of drug-likeness (QED) is 0.840. The molecule has 1 heterocycles. The average molecular weight is 326 g/mol. The number of hydrogen-bond acceptors (Lipinski definition) is 4. The van der Waals surface area contributed by atoms with Gasteiger partial charge in [0.2, 0.25) is 5.28 Å². The lowest BCUT2D eigenvalue weighted by Crippen LogP contribution is -2.19. The largest absolute Gasteiger partial charge is 0.478 e. The zero-order chi connectivity index (χ0) is 15.4. The van der Waals surface area contributed by atoms with Crippen molar-refractivity contribution in [2.24, 2.45) is 0 Å². The van der Waals surface area contributed by atoms with Gasteiger partial charge >= 0.3 is 5.97 Å². The fraction of sp³-hybridized carbons (Fsp3) is 0.214. The van der Waals surface area contributed by atoms with Crippen LogP contribution in [0.1, 0.15) is 23.7 Å². The Hall–Kier alpha value is -1.85. The highest BCUT2D eigenvalue weighted by Gasteiger charge is 2.15. The van der Waals surface area contributed by atoms with Gasteiger partial charge in [-0.15, -0.1) is 0 Å². The lowest BCUT2D eigenvalue weighted by Gasteiger charge is -2.23. The van der Waals surface area contributed by atoms with Gasteiger partial charge in [-0.05, 0) is 42.3 Å². The third-order valence-corrected chi connectivity index (χ3v) is 3.34. The Morgan fingerprint density at radius 3 is 2.71 bits per heavy atom. The van der Waals surface area contributed by atoms with Crippen molar-refractivity contribution in [3.63, 3.8) is 0 Å². The summed E-state index contributed by atoms with van der Waals surface area (Å²) >= 11 is 11.7. The van der Waals surface area contributed by atoms with Crippen LogP contribution >= 0.6 is 23.2 Å². The molecule has 7 heteroatoms. The van der Waals surface area contributed by atoms with Crippen LogP contribution in [0.2, 0.25) is 10.3 Å². The van der Waals surface area contributed by atoms with Crippen molar-refractivity contribution in [2.75, 3.05) is 11.4 Å². The highest BCUT2D eigenvalue weighted by Crippen LogP contribution is 2.28. The minimum atomic E-state index is -1.07. The first-order valence-corrected chi connectivity index (χ1v) is 7.07. The summed E-state index contributed by atoms with van der Waals surface area (Å²) in [7, 11) is 0. The number of nitrogens with zero attached hydrogens (tertiary/aromatic N) is 3. The van der Waals surface area contributed by atoms with Gasteiger partial charge < -0.3 is 10.0 Å². The van der Waals surface area contributed by atoms with Gasteiger partial charge in [0.15, 0.2) is 0 Å². The Kier molecular flexibility index (Phi) is 4.98. The van der Waals surface area contributed by atoms with Gasteiger partial charge in [0.25, 0.3) is 0 Å². The van der Waals surface area contributed by atoms with Crippen LogP contribution in [0.15, 0.2) is 30.5 Å². The van der Waals surface area contributed by atoms with Crippen LogP contribution in [0, 0.1) is 0 Å². The standard InChI is InChI=1S/C14H13Cl2N3O2/c1-2-7-19(12-5-6-17-14(16)18-12)9-3-4-11(15)10(8-9)13(20)21/h3-6,8H,2,7H2,1H3,(H,20,21). The monoisotopic (exact) mass is 325 g/mol. The summed E-state index contributed by atoms with van der Waals surface area (Å²) in [6.45, 7) is 2.68. The van der Waals surface area contributed by atoms with E-state index in [-0.39, 0.29) is 15.9 Å². The number of benzene rings is 1. The molecule has 0 bridgehead atoms. The Balaban J connectivity index is 2.48. The van der Waals surface area contributed by atoms with Gasteiger partial charge in [-0.3, -0.25) is 0 Å². The Labute approximate surface area is 132 Å². The van der Waals surface area contributed by atoms with Crippen LogP contribution < -0.4 is 4.90 Å². The Bertz CT molecular complexity index is 664. The third kappa shape index (κ3) is 3.62. The van der Waals surface area contributed by atoms with E-state index in [1.807, 2.05) is 11.8 Å². The highest BCUT2D eigenvalue weighted by atomic mass is 35.5. The SMILES string of the molecule is CCCN(c1ccc(Cl)c(C(=O)O)c1)c1ccnc(Cl)n1. The van der Waals surface area contributed by atoms with E-state index >= 15 is 0 Å². The van der Waals surface area contributed by atoms with Gasteiger partial charge in [0.05, 0.1) is 10.6 Å². The molecule has 1 N–H and O–H groups in total. The number of carbonyl (C=O) groups is 1. The molecular formula is C14H13Cl2N3O2. The number of hydrogen-bond donors (Lipinski definition) is 1. The van der Waals surface area contributed by atoms with Gasteiger partial charge in [0.1, 0.15) is 5.82 Å². The molecule has 0 fully saturated rings. The van der Waals surface area contributed by atoms with Crippen LogP contribution in [-0.4, -0.2) is 27.6 Å². The fourth-order valence-corrected chi connectivity index (χ4v) is 2.26. The fourth-order valence-electron chi connectivity index (χ4n) is 1.92. The summed E-state index contributed by atoms with van der Waals surface area (Å²) in [4.78, 5) is 21.1. The van der Waals surface area contributed by atoms with E-state index in [0.29, 0.717) is 18.1 Å². The van der Waals surface area contributed by atoms with Gasteiger partial charge in [-0.2, -0.15) is 0 Å². The second kappa shape index (κ2) is 6.74. The number of rotatable bonds is 5. The van der Waals surface area contributed by atoms with Crippen molar-refractivity contribution < 1.29 is 9.90 Å². The smallest absolute Gasteiger partial charge is 0.337 e. The molecule has 1 aromatic heterocycles. The van der Waals surface area contributed by atoms with E-state index in [9.17, 15) is 4.79 Å². The maximum absolute atomic E-state index is 11.2. The molecule has 0 amide bonds. The van der Waals surface area contributed by atoms with Gasteiger partial charge in [-0.1, -0.05) is 18.5 Å². The molecule has 2 rings (SSSR count). The van der Waals surface area contributed by atoms with Crippen LogP contribution in [-0.2, 0) is 0 Å². The van der Waals surface area contributed by atoms with Crippen LogP contribution in [0.5, 0.6) is 0 Å². The molecule has 0 aliphatic carbocycles. The van der Waals surface area contributed by atoms with Crippen molar-refractivity contribution in [1.82, 2.24) is 9.97 Å². The maximum atomic E-state index is 11.2. The van der Waals surface area contributed by atoms with E-state index in [1.165, 1.54) is 6.07 Å². The summed E-state index contributed by atoms with van der Waals surface area (Å²) < 4.78 is 0. The number of aromatic carboxylic acids is 1. The molecule has 0 saturated carbocycles. The van der Waals surface area contributed by atoms with E-state index in [4.69, 9.17) is 28.3 Å². The lowest BCUT2D eigenvalue weighted by atomic mass is 10.2. The average Bonchev–Trinajstić information content (AvgIpc) is 2.45. The number of halogens is 2. The molecule has 0 spiro atoms. The zero-order valence-electron chi connectivity index (χ0n) is 11.3. The third-order valence-electron chi connectivity index (χ3n) is 2.83. The van der Waals surface area contributed by atoms with Gasteiger partial charge in [0, 0.05) is 18.4 Å². The van der Waals surface area contributed by atoms with Crippen molar-refractivity contribution in [2.45, 2.75) is 13.3 Å². The summed E-state index contributed by atoms with van der Waals surface area (Å²) in [6.07, 6.45) is 2.41. The van der Waals surface area contributed by atoms with Crippen molar-refractivity contribution in [3.8, 4) is 0 Å². The topological polar surface area (TPSA) is 66.3 Å². The number of carboxylic acid groups (broad SMARTS) is 1. The molecule has 0 atom stereocenters. The van der Waals surface area contributed by atoms with Crippen molar-refractivity contribution >= 4 is 40.7 Å². The van der Waals surface area contributed by atoms with Crippen LogP contribution in [0.4, 0.5) is 11.5 Å². The van der Waals surface area contributed by atoms with Crippen molar-refractivity contribution in [3.05, 3.63) is 46.3 Å². The van der Waals surface area contributed by atoms with Gasteiger partial charge in [-0.25, -0.2) is 14.8 Å². The normalized spacial score (nSPS) is 10.4. The maximum Gasteiger partial charge on any atom is 0.337 e. The Morgan fingerprint density at radius 2 is 2.10 bits per heavy atom. The number of carboxylic acids is 1. The minimum Gasteiger partial charge on any atom is -0.478 e. The van der Waals surface area contributed by atoms with E-state index < -0.39 is 5.97 Å². The second-order valence-electron chi connectivity index (χ2n) is 4.30. The van der Waals surface area contributed by atoms with E-state index in [0.717, 1.165) is 6.42 Å². The predicted molar refractivity (Wildman–Crippen MR) is 82.8 cm³/mol. The summed E-state index contributed by atoms with van der Waals surface area (Å²) in [5.74, 6) is -0.463. The molecule has 0 aliphatic heterocycles. The second-order valence-corrected chi connectivity index (χ2v) is 5.05. The highest BCUT2D eigenvalue weighted by molar-refractivity contribution is 6.33. The number of aromatic nitrogens is 2. The van der Waals surface area contributed by atoms with E-state index in [2.05, 4.69) is 9.97 Å². The summed E-state index contributed by atoms with van der Waals surface area (Å²) in [5, 5.41) is 9.50. The lowest BCUT2D eigenvalue weighted by molar-refractivity contribution is 0.0697. The Morgan fingerprint density at radius 1 is 1.33 bits per heavy atom. The van der Waals surface area contributed by atoms with Crippen LogP contribution in [0.25, 0.3) is 0 Å². The molecule has 21 heavy (non-hydrogen) atoms. The molecular weight excluding hydrogens is 313 g/mol. The molecule has 5 nitrogen and oxygen atoms in total. The van der Waals surface area contributed by atoms with E-state index in [1.54, 1.807) is 24.4 Å². The molecule has 2 aromatic rings. The first kappa shape index (κ1) is 15.5. The number of anilines is 2. The molecule has 0 saturated heterocycles. The molecule has 0 aliphatic rings. The minimum absolute atomic E-state index is 0.0513. The predicted octanol–water partition coefficient (Wildman–Crippen LogP) is 4.03. The first-order valence-electron chi connectivity index (χ1n) is 6.32. The summed E-state index contributed by atoms with van der Waals surface area (Å²) in [6, 6.07) is 6.55. The van der Waals surface area contributed by atoms with Crippen LogP contribution in [0.3, 0.4) is 0 Å². The summed E-state index contributed by atoms with van der Waals surface area (Å²) in [5.41, 5.74) is 0.740. The van der Waals surface area contributed by atoms with Crippen molar-refractivity contribution in [1.29, 1.82) is 0 Å². The molecule has 110 valence electrons.